The molecule has 0 aliphatic rings. The van der Waals surface area contributed by atoms with E-state index in [1.807, 2.05) is 19.9 Å². The highest BCUT2D eigenvalue weighted by atomic mass is 79.9. The SMILES string of the molecule is Cc1cccc(S(=O)(=O)Nc2cc(Cl)c(C)cc2Br)c1. The summed E-state index contributed by atoms with van der Waals surface area (Å²) in [4.78, 5) is 0.223. The summed E-state index contributed by atoms with van der Waals surface area (Å²) in [6.45, 7) is 3.70. The van der Waals surface area contributed by atoms with Gasteiger partial charge in [-0.25, -0.2) is 8.42 Å². The van der Waals surface area contributed by atoms with Crippen LogP contribution in [0.25, 0.3) is 0 Å². The molecule has 1 N–H and O–H groups in total. The van der Waals surface area contributed by atoms with Gasteiger partial charge in [0.05, 0.1) is 10.6 Å². The molecular weight excluding hydrogens is 362 g/mol. The fourth-order valence-corrected chi connectivity index (χ4v) is 3.74. The maximum absolute atomic E-state index is 12.3. The molecule has 0 atom stereocenters. The van der Waals surface area contributed by atoms with E-state index in [1.54, 1.807) is 30.3 Å². The normalized spacial score (nSPS) is 11.4. The number of nitrogens with one attached hydrogen (secondary N) is 1. The third-order valence-electron chi connectivity index (χ3n) is 2.79. The smallest absolute Gasteiger partial charge is 0.261 e. The Bertz CT molecular complexity index is 760. The van der Waals surface area contributed by atoms with E-state index in [2.05, 4.69) is 20.7 Å². The molecule has 0 aromatic heterocycles. The van der Waals surface area contributed by atoms with Gasteiger partial charge >= 0.3 is 0 Å². The lowest BCUT2D eigenvalue weighted by atomic mass is 10.2. The van der Waals surface area contributed by atoms with Gasteiger partial charge in [-0.05, 0) is 65.2 Å². The van der Waals surface area contributed by atoms with Gasteiger partial charge in [-0.3, -0.25) is 4.72 Å². The van der Waals surface area contributed by atoms with Crippen LogP contribution >= 0.6 is 27.5 Å². The summed E-state index contributed by atoms with van der Waals surface area (Å²) in [5.74, 6) is 0. The lowest BCUT2D eigenvalue weighted by Crippen LogP contribution is -2.13. The quantitative estimate of drug-likeness (QED) is 0.858. The van der Waals surface area contributed by atoms with E-state index in [9.17, 15) is 8.42 Å². The first kappa shape index (κ1) is 15.4. The average Bonchev–Trinajstić information content (AvgIpc) is 2.36. The number of sulfonamides is 1. The van der Waals surface area contributed by atoms with Crippen molar-refractivity contribution in [2.24, 2.45) is 0 Å². The van der Waals surface area contributed by atoms with Gasteiger partial charge in [-0.2, -0.15) is 0 Å². The topological polar surface area (TPSA) is 46.2 Å². The average molecular weight is 375 g/mol. The summed E-state index contributed by atoms with van der Waals surface area (Å²) in [7, 11) is -3.63. The van der Waals surface area contributed by atoms with E-state index < -0.39 is 10.0 Å². The molecule has 0 aliphatic carbocycles. The number of hydrogen-bond acceptors (Lipinski definition) is 2. The predicted octanol–water partition coefficient (Wildman–Crippen LogP) is 4.52. The zero-order valence-corrected chi connectivity index (χ0v) is 14.1. The van der Waals surface area contributed by atoms with Gasteiger partial charge in [-0.15, -0.1) is 0 Å². The molecule has 0 fully saturated rings. The van der Waals surface area contributed by atoms with Crippen LogP contribution in [0.3, 0.4) is 0 Å². The maximum Gasteiger partial charge on any atom is 0.261 e. The summed E-state index contributed by atoms with van der Waals surface area (Å²) in [5, 5.41) is 0.509. The Morgan fingerprint density at radius 1 is 1.15 bits per heavy atom. The molecule has 0 unspecified atom stereocenters. The number of rotatable bonds is 3. The fraction of sp³-hybridized carbons (Fsp3) is 0.143. The number of halogens is 2. The van der Waals surface area contributed by atoms with Crippen LogP contribution in [0.2, 0.25) is 5.02 Å². The van der Waals surface area contributed by atoms with Crippen LogP contribution in [0.15, 0.2) is 45.8 Å². The number of aryl methyl sites for hydroxylation is 2. The molecule has 2 aromatic rings. The molecule has 20 heavy (non-hydrogen) atoms. The Morgan fingerprint density at radius 2 is 1.85 bits per heavy atom. The molecule has 0 radical (unpaired) electrons. The van der Waals surface area contributed by atoms with Gasteiger partial charge in [0.1, 0.15) is 0 Å². The second-order valence-electron chi connectivity index (χ2n) is 4.50. The summed E-state index contributed by atoms with van der Waals surface area (Å²) >= 11 is 9.37. The van der Waals surface area contributed by atoms with Crippen LogP contribution in [0.1, 0.15) is 11.1 Å². The number of hydrogen-bond donors (Lipinski definition) is 1. The molecule has 0 heterocycles. The fourth-order valence-electron chi connectivity index (χ4n) is 1.71. The van der Waals surface area contributed by atoms with Crippen LogP contribution in [0.5, 0.6) is 0 Å². The first-order chi connectivity index (χ1) is 9.29. The van der Waals surface area contributed by atoms with Gasteiger partial charge in [0, 0.05) is 9.50 Å². The van der Waals surface area contributed by atoms with Crippen LogP contribution in [-0.2, 0) is 10.0 Å². The van der Waals surface area contributed by atoms with Crippen molar-refractivity contribution in [1.82, 2.24) is 0 Å². The number of anilines is 1. The highest BCUT2D eigenvalue weighted by Crippen LogP contribution is 2.30. The highest BCUT2D eigenvalue weighted by Gasteiger charge is 2.16. The summed E-state index contributed by atoms with van der Waals surface area (Å²) in [6, 6.07) is 10.1. The lowest BCUT2D eigenvalue weighted by molar-refractivity contribution is 0.601. The van der Waals surface area contributed by atoms with E-state index in [4.69, 9.17) is 11.6 Å². The Labute approximate surface area is 132 Å². The second-order valence-corrected chi connectivity index (χ2v) is 7.45. The summed E-state index contributed by atoms with van der Waals surface area (Å²) < 4.78 is 27.8. The van der Waals surface area contributed by atoms with E-state index in [0.29, 0.717) is 15.2 Å². The van der Waals surface area contributed by atoms with E-state index in [1.165, 1.54) is 0 Å². The molecule has 6 heteroatoms. The molecule has 0 saturated carbocycles. The molecule has 0 bridgehead atoms. The van der Waals surface area contributed by atoms with Crippen LogP contribution in [0, 0.1) is 13.8 Å². The van der Waals surface area contributed by atoms with Crippen molar-refractivity contribution >= 4 is 43.2 Å². The molecular formula is C14H13BrClNO2S. The minimum Gasteiger partial charge on any atom is -0.278 e. The van der Waals surface area contributed by atoms with Gasteiger partial charge in [-0.1, -0.05) is 23.7 Å². The van der Waals surface area contributed by atoms with E-state index in [-0.39, 0.29) is 4.90 Å². The van der Waals surface area contributed by atoms with Crippen LogP contribution in [0.4, 0.5) is 5.69 Å². The predicted molar refractivity (Wildman–Crippen MR) is 85.9 cm³/mol. The third kappa shape index (κ3) is 3.34. The van der Waals surface area contributed by atoms with Crippen molar-refractivity contribution in [2.45, 2.75) is 18.7 Å². The third-order valence-corrected chi connectivity index (χ3v) is 5.22. The van der Waals surface area contributed by atoms with Gasteiger partial charge in [0.25, 0.3) is 10.0 Å². The first-order valence-corrected chi connectivity index (χ1v) is 8.50. The minimum atomic E-state index is -3.63. The van der Waals surface area contributed by atoms with Gasteiger partial charge in [0.15, 0.2) is 0 Å². The van der Waals surface area contributed by atoms with Crippen molar-refractivity contribution < 1.29 is 8.42 Å². The minimum absolute atomic E-state index is 0.223. The Morgan fingerprint density at radius 3 is 2.50 bits per heavy atom. The Kier molecular flexibility index (Phi) is 4.42. The molecule has 0 saturated heterocycles. The van der Waals surface area contributed by atoms with E-state index in [0.717, 1.165) is 11.1 Å². The van der Waals surface area contributed by atoms with Crippen molar-refractivity contribution in [3.8, 4) is 0 Å². The Hall–Kier alpha value is -1.04. The first-order valence-electron chi connectivity index (χ1n) is 5.85. The number of benzene rings is 2. The van der Waals surface area contributed by atoms with Gasteiger partial charge in [0.2, 0.25) is 0 Å². The molecule has 0 amide bonds. The zero-order valence-electron chi connectivity index (χ0n) is 10.9. The maximum atomic E-state index is 12.3. The summed E-state index contributed by atoms with van der Waals surface area (Å²) in [5.41, 5.74) is 2.17. The standard InChI is InChI=1S/C14H13BrClNO2S/c1-9-4-3-5-11(6-9)20(18,19)17-14-8-13(16)10(2)7-12(14)15/h3-8,17H,1-2H3. The second kappa shape index (κ2) is 5.76. The van der Waals surface area contributed by atoms with Crippen molar-refractivity contribution in [1.29, 1.82) is 0 Å². The lowest BCUT2D eigenvalue weighted by Gasteiger charge is -2.11. The molecule has 0 aliphatic heterocycles. The molecule has 0 spiro atoms. The van der Waals surface area contributed by atoms with Crippen molar-refractivity contribution in [2.75, 3.05) is 4.72 Å². The molecule has 2 aromatic carbocycles. The molecule has 3 nitrogen and oxygen atoms in total. The zero-order chi connectivity index (χ0) is 14.9. The van der Waals surface area contributed by atoms with Gasteiger partial charge < -0.3 is 0 Å². The van der Waals surface area contributed by atoms with E-state index >= 15 is 0 Å². The largest absolute Gasteiger partial charge is 0.278 e. The molecule has 2 rings (SSSR count). The Balaban J connectivity index is 2.41. The molecule has 106 valence electrons. The highest BCUT2D eigenvalue weighted by molar-refractivity contribution is 9.10. The van der Waals surface area contributed by atoms with Crippen molar-refractivity contribution in [3.63, 3.8) is 0 Å². The van der Waals surface area contributed by atoms with Crippen LogP contribution in [-0.4, -0.2) is 8.42 Å². The summed E-state index contributed by atoms with van der Waals surface area (Å²) in [6.07, 6.45) is 0. The van der Waals surface area contributed by atoms with Crippen molar-refractivity contribution in [3.05, 3.63) is 57.0 Å². The monoisotopic (exact) mass is 373 g/mol. The van der Waals surface area contributed by atoms with Crippen LogP contribution < -0.4 is 4.72 Å².